The fraction of sp³-hybridized carbons (Fsp3) is 1.00. The molecular weight excluding hydrogens is 398 g/mol. The minimum atomic E-state index is 0. The van der Waals surface area contributed by atoms with E-state index in [-0.39, 0.29) is 50.9 Å². The van der Waals surface area contributed by atoms with Crippen molar-refractivity contribution in [3.05, 3.63) is 0 Å². The average Bonchev–Trinajstić information content (AvgIpc) is 2.17. The maximum atomic E-state index is 2.64. The van der Waals surface area contributed by atoms with Crippen LogP contribution in [-0.4, -0.2) is 24.5 Å². The summed E-state index contributed by atoms with van der Waals surface area (Å²) >= 11 is 0. The van der Waals surface area contributed by atoms with E-state index in [1.807, 2.05) is 0 Å². The van der Waals surface area contributed by atoms with Gasteiger partial charge in [-0.2, -0.15) is 0 Å². The van der Waals surface area contributed by atoms with Crippen molar-refractivity contribution in [2.45, 2.75) is 59.3 Å². The van der Waals surface area contributed by atoms with Gasteiger partial charge in [-0.1, -0.05) is 40.0 Å². The van der Waals surface area contributed by atoms with Crippen LogP contribution in [-0.2, 0) is 0 Å². The van der Waals surface area contributed by atoms with Crippen molar-refractivity contribution < 1.29 is 50.9 Å². The Hall–Kier alpha value is 1.40. The second kappa shape index (κ2) is 21.7. The van der Waals surface area contributed by atoms with Gasteiger partial charge < -0.3 is 55.8 Å². The monoisotopic (exact) mass is 422 g/mol. The fourth-order valence-electron chi connectivity index (χ4n) is 1.48. The lowest BCUT2D eigenvalue weighted by Crippen LogP contribution is -3.00. The van der Waals surface area contributed by atoms with E-state index in [4.69, 9.17) is 0 Å². The van der Waals surface area contributed by atoms with Gasteiger partial charge >= 0.3 is 0 Å². The molecule has 0 heterocycles. The lowest BCUT2D eigenvalue weighted by atomic mass is 10.2. The number of nitrogens with zero attached hydrogens (tertiary/aromatic N) is 1. The van der Waals surface area contributed by atoms with Crippen LogP contribution in [0.25, 0.3) is 0 Å². The summed E-state index contributed by atoms with van der Waals surface area (Å²) in [4.78, 5) is 2.64. The molecule has 4 heteroatoms. The number of unbranched alkanes of at least 4 members (excludes halogenated alkanes) is 3. The summed E-state index contributed by atoms with van der Waals surface area (Å²) in [5.41, 5.74) is 0. The maximum absolute atomic E-state index is 2.64. The molecule has 0 saturated heterocycles. The molecule has 16 heavy (non-hydrogen) atoms. The molecule has 0 unspecified atom stereocenters. The molecule has 0 aliphatic carbocycles. The van der Waals surface area contributed by atoms with Crippen LogP contribution in [0.5, 0.6) is 0 Å². The molecular formula is C12H27Br3N-3. The molecule has 0 aromatic heterocycles. The molecule has 104 valence electrons. The van der Waals surface area contributed by atoms with E-state index in [1.165, 1.54) is 58.2 Å². The van der Waals surface area contributed by atoms with Crippen LogP contribution < -0.4 is 50.9 Å². The van der Waals surface area contributed by atoms with Crippen molar-refractivity contribution in [3.8, 4) is 0 Å². The van der Waals surface area contributed by atoms with Crippen molar-refractivity contribution in [2.24, 2.45) is 0 Å². The van der Waals surface area contributed by atoms with E-state index in [0.717, 1.165) is 0 Å². The number of hydrogen-bond donors (Lipinski definition) is 0. The molecule has 0 N–H and O–H groups in total. The predicted molar refractivity (Wildman–Crippen MR) is 61.2 cm³/mol. The first-order valence-corrected chi connectivity index (χ1v) is 6.07. The molecule has 0 aliphatic heterocycles. The largest absolute Gasteiger partial charge is 1.00 e. The van der Waals surface area contributed by atoms with Crippen molar-refractivity contribution in [1.82, 2.24) is 4.90 Å². The van der Waals surface area contributed by atoms with Gasteiger partial charge in [-0.25, -0.2) is 0 Å². The summed E-state index contributed by atoms with van der Waals surface area (Å²) in [7, 11) is 0. The topological polar surface area (TPSA) is 3.24 Å². The minimum Gasteiger partial charge on any atom is -1.00 e. The van der Waals surface area contributed by atoms with E-state index in [2.05, 4.69) is 25.7 Å². The third kappa shape index (κ3) is 17.8. The van der Waals surface area contributed by atoms with Gasteiger partial charge in [-0.3, -0.25) is 0 Å². The molecule has 0 amide bonds. The van der Waals surface area contributed by atoms with Crippen molar-refractivity contribution in [1.29, 1.82) is 0 Å². The highest BCUT2D eigenvalue weighted by Crippen LogP contribution is 2.01. The Bertz CT molecular complexity index is 83.2. The Kier molecular flexibility index (Phi) is 35.3. The Balaban J connectivity index is -0.000000240. The summed E-state index contributed by atoms with van der Waals surface area (Å²) in [6, 6.07) is 0. The van der Waals surface area contributed by atoms with Crippen LogP contribution >= 0.6 is 0 Å². The van der Waals surface area contributed by atoms with E-state index in [0.29, 0.717) is 0 Å². The van der Waals surface area contributed by atoms with Crippen molar-refractivity contribution in [3.63, 3.8) is 0 Å². The molecule has 0 bridgehead atoms. The highest BCUT2D eigenvalue weighted by atomic mass is 79.9. The van der Waals surface area contributed by atoms with Gasteiger partial charge in [-0.15, -0.1) is 0 Å². The van der Waals surface area contributed by atoms with Crippen LogP contribution in [0.4, 0.5) is 0 Å². The smallest absolute Gasteiger partial charge is 0.00188 e. The second-order valence-electron chi connectivity index (χ2n) is 3.90. The lowest BCUT2D eigenvalue weighted by Gasteiger charge is -2.21. The fourth-order valence-corrected chi connectivity index (χ4v) is 1.48. The highest BCUT2D eigenvalue weighted by molar-refractivity contribution is 4.57. The Labute approximate surface area is 134 Å². The van der Waals surface area contributed by atoms with Crippen LogP contribution in [0, 0.1) is 0 Å². The zero-order chi connectivity index (χ0) is 9.94. The summed E-state index contributed by atoms with van der Waals surface area (Å²) in [6.07, 6.45) is 8.09. The molecule has 0 aromatic carbocycles. The standard InChI is InChI=1S/C12H27N.3BrH/c1-4-7-10-13(11-8-5-2)12-9-6-3;;;/h4-12H2,1-3H3;3*1H/p-3. The van der Waals surface area contributed by atoms with Gasteiger partial charge in [0.2, 0.25) is 0 Å². The molecule has 0 aliphatic rings. The van der Waals surface area contributed by atoms with Crippen molar-refractivity contribution in [2.75, 3.05) is 19.6 Å². The molecule has 0 fully saturated rings. The zero-order valence-electron chi connectivity index (χ0n) is 10.9. The van der Waals surface area contributed by atoms with E-state index in [1.54, 1.807) is 0 Å². The molecule has 0 atom stereocenters. The van der Waals surface area contributed by atoms with Crippen molar-refractivity contribution >= 4 is 0 Å². The first-order chi connectivity index (χ1) is 6.35. The van der Waals surface area contributed by atoms with Gasteiger partial charge in [0.15, 0.2) is 0 Å². The first kappa shape index (κ1) is 26.1. The van der Waals surface area contributed by atoms with Gasteiger partial charge in [0.1, 0.15) is 0 Å². The van der Waals surface area contributed by atoms with Gasteiger partial charge in [-0.05, 0) is 38.9 Å². The van der Waals surface area contributed by atoms with Gasteiger partial charge in [0.05, 0.1) is 0 Å². The average molecular weight is 425 g/mol. The SMILES string of the molecule is CCCCN(CCCC)CCCC.[Br-].[Br-].[Br-]. The summed E-state index contributed by atoms with van der Waals surface area (Å²) in [6.45, 7) is 10.8. The highest BCUT2D eigenvalue weighted by Gasteiger charge is 2.01. The molecule has 0 spiro atoms. The number of halogens is 3. The van der Waals surface area contributed by atoms with Crippen LogP contribution in [0.3, 0.4) is 0 Å². The van der Waals surface area contributed by atoms with Gasteiger partial charge in [0, 0.05) is 0 Å². The number of hydrogen-bond acceptors (Lipinski definition) is 1. The van der Waals surface area contributed by atoms with E-state index in [9.17, 15) is 0 Å². The molecule has 0 radical (unpaired) electrons. The lowest BCUT2D eigenvalue weighted by molar-refractivity contribution is -0.00100. The predicted octanol–water partition coefficient (Wildman–Crippen LogP) is -5.30. The number of rotatable bonds is 9. The summed E-state index contributed by atoms with van der Waals surface area (Å²) < 4.78 is 0. The molecule has 0 rings (SSSR count). The molecule has 0 aromatic rings. The zero-order valence-corrected chi connectivity index (χ0v) is 15.7. The van der Waals surface area contributed by atoms with E-state index < -0.39 is 0 Å². The summed E-state index contributed by atoms with van der Waals surface area (Å²) in [5, 5.41) is 0. The van der Waals surface area contributed by atoms with E-state index >= 15 is 0 Å². The first-order valence-electron chi connectivity index (χ1n) is 6.07. The summed E-state index contributed by atoms with van der Waals surface area (Å²) in [5.74, 6) is 0. The third-order valence-electron chi connectivity index (χ3n) is 2.48. The second-order valence-corrected chi connectivity index (χ2v) is 3.90. The van der Waals surface area contributed by atoms with Crippen LogP contribution in [0.2, 0.25) is 0 Å². The minimum absolute atomic E-state index is 0. The van der Waals surface area contributed by atoms with Crippen LogP contribution in [0.1, 0.15) is 59.3 Å². The Morgan fingerprint density at radius 3 is 1.00 bits per heavy atom. The van der Waals surface area contributed by atoms with Crippen LogP contribution in [0.15, 0.2) is 0 Å². The Morgan fingerprint density at radius 1 is 0.562 bits per heavy atom. The quantitative estimate of drug-likeness (QED) is 0.357. The van der Waals surface area contributed by atoms with Gasteiger partial charge in [0.25, 0.3) is 0 Å². The normalized spacial score (nSPS) is 9.00. The third-order valence-corrected chi connectivity index (χ3v) is 2.48. The molecule has 1 nitrogen and oxygen atoms in total. The molecule has 0 saturated carbocycles. The Morgan fingerprint density at radius 2 is 0.812 bits per heavy atom. The maximum Gasteiger partial charge on any atom is -0.00188 e.